The average molecular weight is 462 g/mol. The number of rotatable bonds is 8. The molecular formula is C25H39N3O5. The lowest BCUT2D eigenvalue weighted by molar-refractivity contribution is -0.163. The number of aryl methyl sites for hydroxylation is 1. The molecule has 0 bridgehead atoms. The fraction of sp³-hybridized carbons (Fsp3) is 0.640. The number of amides is 3. The van der Waals surface area contributed by atoms with Crippen LogP contribution in [0.1, 0.15) is 65.5 Å². The summed E-state index contributed by atoms with van der Waals surface area (Å²) >= 11 is 0. The molecule has 33 heavy (non-hydrogen) atoms. The van der Waals surface area contributed by atoms with Gasteiger partial charge in [0.2, 0.25) is 11.8 Å². The number of hydrogen-bond acceptors (Lipinski definition) is 5. The van der Waals surface area contributed by atoms with Crippen molar-refractivity contribution in [1.82, 2.24) is 10.8 Å². The van der Waals surface area contributed by atoms with Gasteiger partial charge in [-0.05, 0) is 68.9 Å². The first-order valence-electron chi connectivity index (χ1n) is 11.5. The SMILES string of the molecule is CC(C)(C)O[C@H](C(=O)NO)[C@@H](CC1CCc2ccccc2C1)C(=O)N[C@H](C(N)=O)C(C)(C)C. The number of fused-ring (bicyclic) bond motifs is 1. The Morgan fingerprint density at radius 1 is 1.09 bits per heavy atom. The number of carbonyl (C=O) groups excluding carboxylic acids is 3. The van der Waals surface area contributed by atoms with Gasteiger partial charge < -0.3 is 15.8 Å². The highest BCUT2D eigenvalue weighted by Gasteiger charge is 2.41. The van der Waals surface area contributed by atoms with Crippen molar-refractivity contribution < 1.29 is 24.3 Å². The molecule has 5 N–H and O–H groups in total. The van der Waals surface area contributed by atoms with Gasteiger partial charge in [-0.15, -0.1) is 0 Å². The summed E-state index contributed by atoms with van der Waals surface area (Å²) in [5.41, 5.74) is 8.38. The van der Waals surface area contributed by atoms with E-state index in [4.69, 9.17) is 10.5 Å². The summed E-state index contributed by atoms with van der Waals surface area (Å²) in [6, 6.07) is 7.29. The molecule has 8 nitrogen and oxygen atoms in total. The molecule has 0 radical (unpaired) electrons. The molecule has 1 aliphatic carbocycles. The molecule has 0 heterocycles. The van der Waals surface area contributed by atoms with Crippen LogP contribution in [-0.2, 0) is 32.0 Å². The van der Waals surface area contributed by atoms with Crippen LogP contribution < -0.4 is 16.5 Å². The van der Waals surface area contributed by atoms with E-state index in [1.165, 1.54) is 11.1 Å². The molecule has 4 atom stereocenters. The van der Waals surface area contributed by atoms with Crippen LogP contribution in [0.2, 0.25) is 0 Å². The lowest BCUT2D eigenvalue weighted by Crippen LogP contribution is -2.57. The summed E-state index contributed by atoms with van der Waals surface area (Å²) in [7, 11) is 0. The topological polar surface area (TPSA) is 131 Å². The van der Waals surface area contributed by atoms with Crippen LogP contribution in [0.4, 0.5) is 0 Å². The zero-order valence-corrected chi connectivity index (χ0v) is 20.6. The molecule has 0 saturated heterocycles. The molecule has 0 saturated carbocycles. The number of primary amides is 1. The zero-order chi connectivity index (χ0) is 25.0. The minimum absolute atomic E-state index is 0.134. The highest BCUT2D eigenvalue weighted by Crippen LogP contribution is 2.33. The van der Waals surface area contributed by atoms with Crippen LogP contribution in [0.3, 0.4) is 0 Å². The second-order valence-electron chi connectivity index (χ2n) is 11.1. The predicted octanol–water partition coefficient (Wildman–Crippen LogP) is 2.50. The maximum Gasteiger partial charge on any atom is 0.273 e. The number of nitrogens with one attached hydrogen (secondary N) is 2. The highest BCUT2D eigenvalue weighted by molar-refractivity contribution is 5.92. The molecule has 1 unspecified atom stereocenters. The predicted molar refractivity (Wildman–Crippen MR) is 125 cm³/mol. The van der Waals surface area contributed by atoms with E-state index in [0.717, 1.165) is 19.3 Å². The Labute approximate surface area is 196 Å². The number of benzene rings is 1. The average Bonchev–Trinajstić information content (AvgIpc) is 2.71. The van der Waals surface area contributed by atoms with Crippen molar-refractivity contribution in [2.24, 2.45) is 23.0 Å². The standard InChI is InChI=1S/C25H39N3O5/c1-24(2,3)20(21(26)29)27-22(30)18(19(23(31)28-32)33-25(4,5)6)14-15-11-12-16-9-7-8-10-17(16)13-15/h7-10,15,18-20,32H,11-14H2,1-6H3,(H2,26,29)(H,27,30)(H,28,31)/t15?,18-,19+,20-/m1/s1. The Bertz CT molecular complexity index is 856. The smallest absolute Gasteiger partial charge is 0.273 e. The zero-order valence-electron chi connectivity index (χ0n) is 20.6. The summed E-state index contributed by atoms with van der Waals surface area (Å²) in [5.74, 6) is -2.73. The lowest BCUT2D eigenvalue weighted by atomic mass is 9.77. The van der Waals surface area contributed by atoms with Crippen LogP contribution >= 0.6 is 0 Å². The Morgan fingerprint density at radius 2 is 1.70 bits per heavy atom. The largest absolute Gasteiger partial charge is 0.368 e. The van der Waals surface area contributed by atoms with Crippen LogP contribution in [-0.4, -0.2) is 40.7 Å². The summed E-state index contributed by atoms with van der Waals surface area (Å²) in [6.07, 6.45) is 1.66. The summed E-state index contributed by atoms with van der Waals surface area (Å²) in [4.78, 5) is 38.2. The second-order valence-corrected chi connectivity index (χ2v) is 11.1. The molecular weight excluding hydrogens is 422 g/mol. The molecule has 1 aromatic rings. The van der Waals surface area contributed by atoms with Crippen molar-refractivity contribution in [1.29, 1.82) is 0 Å². The third kappa shape index (κ3) is 7.54. The van der Waals surface area contributed by atoms with E-state index in [1.807, 2.05) is 12.1 Å². The van der Waals surface area contributed by atoms with Gasteiger partial charge in [0.1, 0.15) is 6.04 Å². The number of nitrogens with two attached hydrogens (primary N) is 1. The van der Waals surface area contributed by atoms with E-state index in [1.54, 1.807) is 47.0 Å². The van der Waals surface area contributed by atoms with Gasteiger partial charge >= 0.3 is 0 Å². The summed E-state index contributed by atoms with van der Waals surface area (Å²) in [6.45, 7) is 10.7. The monoisotopic (exact) mass is 461 g/mol. The van der Waals surface area contributed by atoms with E-state index in [2.05, 4.69) is 17.4 Å². The van der Waals surface area contributed by atoms with Gasteiger partial charge in [0.15, 0.2) is 6.10 Å². The normalized spacial score (nSPS) is 19.1. The van der Waals surface area contributed by atoms with Crippen molar-refractivity contribution in [3.05, 3.63) is 35.4 Å². The van der Waals surface area contributed by atoms with E-state index < -0.39 is 46.8 Å². The first-order valence-corrected chi connectivity index (χ1v) is 11.5. The van der Waals surface area contributed by atoms with E-state index in [-0.39, 0.29) is 5.92 Å². The minimum Gasteiger partial charge on any atom is -0.368 e. The van der Waals surface area contributed by atoms with Gasteiger partial charge in [0.25, 0.3) is 5.91 Å². The van der Waals surface area contributed by atoms with Crippen LogP contribution in [0.25, 0.3) is 0 Å². The van der Waals surface area contributed by atoms with Gasteiger partial charge in [-0.1, -0.05) is 45.0 Å². The van der Waals surface area contributed by atoms with Gasteiger partial charge in [0.05, 0.1) is 11.5 Å². The molecule has 0 aliphatic heterocycles. The van der Waals surface area contributed by atoms with Gasteiger partial charge in [-0.3, -0.25) is 19.6 Å². The lowest BCUT2D eigenvalue weighted by Gasteiger charge is -2.36. The number of hydroxylamine groups is 1. The molecule has 0 fully saturated rings. The van der Waals surface area contributed by atoms with E-state index in [0.29, 0.717) is 6.42 Å². The maximum absolute atomic E-state index is 13.5. The first-order chi connectivity index (χ1) is 15.2. The van der Waals surface area contributed by atoms with E-state index >= 15 is 0 Å². The molecule has 0 spiro atoms. The van der Waals surface area contributed by atoms with Gasteiger partial charge in [0, 0.05) is 0 Å². The summed E-state index contributed by atoms with van der Waals surface area (Å²) in [5, 5.41) is 12.1. The molecule has 1 aliphatic rings. The van der Waals surface area contributed by atoms with Gasteiger partial charge in [-0.2, -0.15) is 0 Å². The van der Waals surface area contributed by atoms with Crippen LogP contribution in [0.5, 0.6) is 0 Å². The van der Waals surface area contributed by atoms with Gasteiger partial charge in [-0.25, -0.2) is 5.48 Å². The molecule has 3 amide bonds. The number of carbonyl (C=O) groups is 3. The Hall–Kier alpha value is -2.45. The minimum atomic E-state index is -1.24. The van der Waals surface area contributed by atoms with Crippen LogP contribution in [0, 0.1) is 17.3 Å². The Morgan fingerprint density at radius 3 is 2.21 bits per heavy atom. The van der Waals surface area contributed by atoms with Crippen molar-refractivity contribution in [2.75, 3.05) is 0 Å². The van der Waals surface area contributed by atoms with Crippen LogP contribution in [0.15, 0.2) is 24.3 Å². The van der Waals surface area contributed by atoms with Crippen molar-refractivity contribution >= 4 is 17.7 Å². The molecule has 1 aromatic carbocycles. The fourth-order valence-corrected chi connectivity index (χ4v) is 4.43. The quantitative estimate of drug-likeness (QED) is 0.349. The molecule has 8 heteroatoms. The Kier molecular flexibility index (Phi) is 8.65. The number of ether oxygens (including phenoxy) is 1. The second kappa shape index (κ2) is 10.7. The third-order valence-electron chi connectivity index (χ3n) is 6.02. The third-order valence-corrected chi connectivity index (χ3v) is 6.02. The number of hydrogen-bond donors (Lipinski definition) is 4. The first kappa shape index (κ1) is 26.8. The summed E-state index contributed by atoms with van der Waals surface area (Å²) < 4.78 is 5.96. The van der Waals surface area contributed by atoms with Crippen molar-refractivity contribution in [3.63, 3.8) is 0 Å². The van der Waals surface area contributed by atoms with Crippen molar-refractivity contribution in [3.8, 4) is 0 Å². The molecule has 2 rings (SSSR count). The fourth-order valence-electron chi connectivity index (χ4n) is 4.43. The van der Waals surface area contributed by atoms with Crippen molar-refractivity contribution in [2.45, 2.75) is 85.0 Å². The Balaban J connectivity index is 2.36. The highest BCUT2D eigenvalue weighted by atomic mass is 16.5. The molecule has 0 aromatic heterocycles. The maximum atomic E-state index is 13.5. The van der Waals surface area contributed by atoms with E-state index in [9.17, 15) is 19.6 Å². The molecule has 184 valence electrons.